The van der Waals surface area contributed by atoms with Crippen molar-refractivity contribution in [3.63, 3.8) is 0 Å². The van der Waals surface area contributed by atoms with Crippen LogP contribution in [0.25, 0.3) is 10.6 Å². The number of carbonyl (C=O) groups is 1. The average Bonchev–Trinajstić information content (AvgIpc) is 3.32. The molecular formula is C21H26FN7OS. The molecule has 0 unspecified atom stereocenters. The summed E-state index contributed by atoms with van der Waals surface area (Å²) < 4.78 is 15.5. The van der Waals surface area contributed by atoms with E-state index in [2.05, 4.69) is 20.3 Å². The van der Waals surface area contributed by atoms with Gasteiger partial charge in [-0.05, 0) is 49.9 Å². The topological polar surface area (TPSA) is 115 Å². The van der Waals surface area contributed by atoms with E-state index in [4.69, 9.17) is 11.5 Å². The Kier molecular flexibility index (Phi) is 5.92. The second kappa shape index (κ2) is 8.64. The van der Waals surface area contributed by atoms with Crippen LogP contribution in [-0.2, 0) is 7.05 Å². The molecule has 0 radical (unpaired) electrons. The molecule has 164 valence electrons. The number of carbonyl (C=O) groups excluding carboxylic acids is 1. The van der Waals surface area contributed by atoms with E-state index < -0.39 is 5.91 Å². The molecule has 1 fully saturated rings. The molecule has 5 N–H and O–H groups in total. The van der Waals surface area contributed by atoms with E-state index in [0.29, 0.717) is 28.7 Å². The highest BCUT2D eigenvalue weighted by atomic mass is 32.1. The third-order valence-electron chi connectivity index (χ3n) is 5.70. The number of thiazole rings is 1. The zero-order chi connectivity index (χ0) is 22.1. The Labute approximate surface area is 184 Å². The first-order valence-electron chi connectivity index (χ1n) is 10.2. The van der Waals surface area contributed by atoms with Crippen LogP contribution in [0.4, 0.5) is 20.9 Å². The summed E-state index contributed by atoms with van der Waals surface area (Å²) in [5.41, 5.74) is 14.1. The summed E-state index contributed by atoms with van der Waals surface area (Å²) in [6, 6.07) is 4.47. The number of aryl methyl sites for hydroxylation is 2. The first-order chi connectivity index (χ1) is 14.9. The van der Waals surface area contributed by atoms with Gasteiger partial charge in [-0.2, -0.15) is 5.10 Å². The van der Waals surface area contributed by atoms with Crippen LogP contribution in [0.3, 0.4) is 0 Å². The van der Waals surface area contributed by atoms with E-state index in [1.165, 1.54) is 23.5 Å². The average molecular weight is 444 g/mol. The van der Waals surface area contributed by atoms with Crippen LogP contribution in [0.1, 0.15) is 28.9 Å². The Morgan fingerprint density at radius 3 is 2.81 bits per heavy atom. The van der Waals surface area contributed by atoms with Crippen LogP contribution < -0.4 is 21.7 Å². The molecule has 4 rings (SSSR count). The molecule has 3 aromatic rings. The highest BCUT2D eigenvalue weighted by molar-refractivity contribution is 7.19. The number of piperidine rings is 1. The number of nitrogen functional groups attached to an aromatic ring is 1. The van der Waals surface area contributed by atoms with Crippen molar-refractivity contribution in [2.75, 3.05) is 35.6 Å². The van der Waals surface area contributed by atoms with Crippen LogP contribution >= 0.6 is 11.3 Å². The van der Waals surface area contributed by atoms with Crippen molar-refractivity contribution < 1.29 is 9.18 Å². The van der Waals surface area contributed by atoms with Crippen LogP contribution in [0.15, 0.2) is 24.4 Å². The van der Waals surface area contributed by atoms with E-state index in [-0.39, 0.29) is 16.5 Å². The van der Waals surface area contributed by atoms with Gasteiger partial charge < -0.3 is 21.7 Å². The van der Waals surface area contributed by atoms with Crippen molar-refractivity contribution in [2.45, 2.75) is 19.8 Å². The summed E-state index contributed by atoms with van der Waals surface area (Å²) in [7, 11) is 1.85. The molecular weight excluding hydrogens is 417 g/mol. The highest BCUT2D eigenvalue weighted by Crippen LogP contribution is 2.34. The molecule has 0 saturated carbocycles. The molecule has 10 heteroatoms. The minimum absolute atomic E-state index is 0.125. The summed E-state index contributed by atoms with van der Waals surface area (Å²) >= 11 is 1.17. The first-order valence-corrected chi connectivity index (χ1v) is 11.0. The lowest BCUT2D eigenvalue weighted by Gasteiger charge is -2.33. The SMILES string of the molecule is Cc1ccc(F)cc1-c1nc(C(=O)Nc2cnn(C)c2N2CCC(CN)CC2)c(N)s1. The van der Waals surface area contributed by atoms with Crippen molar-refractivity contribution in [1.29, 1.82) is 0 Å². The number of nitrogens with two attached hydrogens (primary N) is 2. The van der Waals surface area contributed by atoms with Gasteiger partial charge in [-0.1, -0.05) is 17.4 Å². The summed E-state index contributed by atoms with van der Waals surface area (Å²) in [5.74, 6) is 0.597. The molecule has 1 aliphatic rings. The van der Waals surface area contributed by atoms with Crippen molar-refractivity contribution >= 4 is 33.8 Å². The number of nitrogens with zero attached hydrogens (tertiary/aromatic N) is 4. The number of hydrogen-bond acceptors (Lipinski definition) is 7. The van der Waals surface area contributed by atoms with Gasteiger partial charge in [-0.15, -0.1) is 0 Å². The fourth-order valence-corrected chi connectivity index (χ4v) is 4.80. The summed E-state index contributed by atoms with van der Waals surface area (Å²) in [5, 5.41) is 8.01. The molecule has 3 heterocycles. The van der Waals surface area contributed by atoms with Gasteiger partial charge in [0.2, 0.25) is 0 Å². The number of benzene rings is 1. The van der Waals surface area contributed by atoms with Crippen LogP contribution in [-0.4, -0.2) is 40.3 Å². The van der Waals surface area contributed by atoms with Crippen LogP contribution in [0.5, 0.6) is 0 Å². The van der Waals surface area contributed by atoms with E-state index in [1.807, 2.05) is 14.0 Å². The fraction of sp³-hybridized carbons (Fsp3) is 0.381. The Bertz CT molecular complexity index is 1100. The highest BCUT2D eigenvalue weighted by Gasteiger charge is 2.25. The molecule has 0 aliphatic carbocycles. The largest absolute Gasteiger partial charge is 0.389 e. The van der Waals surface area contributed by atoms with Gasteiger partial charge in [-0.25, -0.2) is 9.37 Å². The molecule has 1 amide bonds. The van der Waals surface area contributed by atoms with Gasteiger partial charge in [0.25, 0.3) is 5.91 Å². The zero-order valence-electron chi connectivity index (χ0n) is 17.6. The fourth-order valence-electron chi connectivity index (χ4n) is 3.89. The predicted molar refractivity (Wildman–Crippen MR) is 122 cm³/mol. The molecule has 1 aliphatic heterocycles. The van der Waals surface area contributed by atoms with E-state index in [1.54, 1.807) is 16.9 Å². The second-order valence-corrected chi connectivity index (χ2v) is 8.85. The minimum Gasteiger partial charge on any atom is -0.389 e. The van der Waals surface area contributed by atoms with E-state index in [9.17, 15) is 9.18 Å². The molecule has 0 bridgehead atoms. The monoisotopic (exact) mass is 443 g/mol. The smallest absolute Gasteiger partial charge is 0.277 e. The van der Waals surface area contributed by atoms with Crippen molar-refractivity contribution in [3.05, 3.63) is 41.5 Å². The molecule has 2 aromatic heterocycles. The van der Waals surface area contributed by atoms with Gasteiger partial charge >= 0.3 is 0 Å². The van der Waals surface area contributed by atoms with Crippen LogP contribution in [0.2, 0.25) is 0 Å². The molecule has 31 heavy (non-hydrogen) atoms. The van der Waals surface area contributed by atoms with Gasteiger partial charge in [0.05, 0.1) is 6.20 Å². The third-order valence-corrected chi connectivity index (χ3v) is 6.62. The lowest BCUT2D eigenvalue weighted by molar-refractivity contribution is 0.102. The number of aromatic nitrogens is 3. The second-order valence-electron chi connectivity index (χ2n) is 7.82. The van der Waals surface area contributed by atoms with Crippen molar-refractivity contribution in [1.82, 2.24) is 14.8 Å². The van der Waals surface area contributed by atoms with Crippen molar-refractivity contribution in [2.24, 2.45) is 18.7 Å². The Hall–Kier alpha value is -2.98. The third kappa shape index (κ3) is 4.26. The minimum atomic E-state index is -0.417. The number of nitrogens with one attached hydrogen (secondary N) is 1. The Morgan fingerprint density at radius 2 is 2.10 bits per heavy atom. The van der Waals surface area contributed by atoms with Crippen LogP contribution in [0, 0.1) is 18.7 Å². The lowest BCUT2D eigenvalue weighted by atomic mass is 9.97. The van der Waals surface area contributed by atoms with Gasteiger partial charge in [0.1, 0.15) is 21.5 Å². The molecule has 1 saturated heterocycles. The molecule has 0 atom stereocenters. The number of anilines is 3. The van der Waals surface area contributed by atoms with Gasteiger partial charge in [0, 0.05) is 25.7 Å². The zero-order valence-corrected chi connectivity index (χ0v) is 18.4. The number of hydrogen-bond donors (Lipinski definition) is 3. The quantitative estimate of drug-likeness (QED) is 0.558. The van der Waals surface area contributed by atoms with E-state index in [0.717, 1.165) is 37.3 Å². The maximum absolute atomic E-state index is 13.7. The molecule has 0 spiro atoms. The Morgan fingerprint density at radius 1 is 1.35 bits per heavy atom. The number of rotatable bonds is 5. The first kappa shape index (κ1) is 21.3. The maximum Gasteiger partial charge on any atom is 0.277 e. The standard InChI is InChI=1S/C21H26FN7OS/c1-12-3-4-14(22)9-15(12)20-27-17(18(24)31-20)19(30)26-16-11-25-28(2)21(16)29-7-5-13(10-23)6-8-29/h3-4,9,11,13H,5-8,10,23-24H2,1-2H3,(H,26,30). The lowest BCUT2D eigenvalue weighted by Crippen LogP contribution is -2.37. The maximum atomic E-state index is 13.7. The van der Waals surface area contributed by atoms with Gasteiger partial charge in [-0.3, -0.25) is 9.48 Å². The molecule has 1 aromatic carbocycles. The number of halogens is 1. The summed E-state index contributed by atoms with van der Waals surface area (Å²) in [6.45, 7) is 4.26. The van der Waals surface area contributed by atoms with Gasteiger partial charge in [0.15, 0.2) is 11.5 Å². The predicted octanol–water partition coefficient (Wildman–Crippen LogP) is 3.00. The normalized spacial score (nSPS) is 14.8. The Balaban J connectivity index is 1.56. The summed E-state index contributed by atoms with van der Waals surface area (Å²) in [4.78, 5) is 19.6. The number of amides is 1. The van der Waals surface area contributed by atoms with Crippen molar-refractivity contribution in [3.8, 4) is 10.6 Å². The van der Waals surface area contributed by atoms with E-state index >= 15 is 0 Å². The summed E-state index contributed by atoms with van der Waals surface area (Å²) in [6.07, 6.45) is 3.64. The molecule has 8 nitrogen and oxygen atoms in total.